The largest absolute Gasteiger partial charge is 0.352 e. The highest BCUT2D eigenvalue weighted by Gasteiger charge is 2.15. The zero-order chi connectivity index (χ0) is 16.8. The lowest BCUT2D eigenvalue weighted by atomic mass is 10.1. The minimum absolute atomic E-state index is 0. The summed E-state index contributed by atoms with van der Waals surface area (Å²) in [5, 5.41) is 10.7. The fraction of sp³-hybridized carbons (Fsp3) is 0.444. The van der Waals surface area contributed by atoms with Gasteiger partial charge in [0.25, 0.3) is 0 Å². The van der Waals surface area contributed by atoms with Crippen LogP contribution in [0.5, 0.6) is 0 Å². The molecule has 1 aromatic carbocycles. The van der Waals surface area contributed by atoms with E-state index in [1.165, 1.54) is 5.56 Å². The van der Waals surface area contributed by atoms with Crippen LogP contribution in [0.4, 0.5) is 0 Å². The van der Waals surface area contributed by atoms with E-state index in [1.54, 1.807) is 0 Å². The molecule has 1 aromatic heterocycles. The highest BCUT2D eigenvalue weighted by molar-refractivity contribution is 5.85. The molecule has 2 rings (SSSR count). The van der Waals surface area contributed by atoms with E-state index in [0.29, 0.717) is 13.1 Å². The molecule has 0 aliphatic rings. The maximum atomic E-state index is 12.0. The molecule has 0 radical (unpaired) electrons. The zero-order valence-electron chi connectivity index (χ0n) is 14.8. The third kappa shape index (κ3) is 5.08. The molecule has 2 aromatic rings. The summed E-state index contributed by atoms with van der Waals surface area (Å²) in [6, 6.07) is 10.3. The zero-order valence-corrected chi connectivity index (χ0v) is 15.6. The molecule has 1 unspecified atom stereocenters. The molecular weight excluding hydrogens is 324 g/mol. The standard InChI is InChI=1S/C18H26N4O.ClH/c1-13(10-19-4)18(23)20-11-17-14(2)21-22(15(17)3)12-16-8-6-5-7-9-16;/h5-9,13,19H,10-12H2,1-4H3,(H,20,23);1H. The van der Waals surface area contributed by atoms with Gasteiger partial charge in [-0.05, 0) is 26.5 Å². The van der Waals surface area contributed by atoms with E-state index in [-0.39, 0.29) is 24.2 Å². The number of amides is 1. The van der Waals surface area contributed by atoms with E-state index in [0.717, 1.165) is 23.5 Å². The van der Waals surface area contributed by atoms with Crippen molar-refractivity contribution in [2.75, 3.05) is 13.6 Å². The predicted molar refractivity (Wildman–Crippen MR) is 99.4 cm³/mol. The SMILES string of the molecule is CNCC(C)C(=O)NCc1c(C)nn(Cc2ccccc2)c1C.Cl. The fourth-order valence-corrected chi connectivity index (χ4v) is 2.65. The second-order valence-corrected chi connectivity index (χ2v) is 5.97. The van der Waals surface area contributed by atoms with Gasteiger partial charge in [0.1, 0.15) is 0 Å². The summed E-state index contributed by atoms with van der Waals surface area (Å²) in [4.78, 5) is 12.0. The molecule has 0 fully saturated rings. The van der Waals surface area contributed by atoms with Crippen molar-refractivity contribution in [1.29, 1.82) is 0 Å². The number of aromatic nitrogens is 2. The summed E-state index contributed by atoms with van der Waals surface area (Å²) in [6.07, 6.45) is 0. The van der Waals surface area contributed by atoms with Crippen molar-refractivity contribution in [1.82, 2.24) is 20.4 Å². The van der Waals surface area contributed by atoms with Crippen LogP contribution in [-0.2, 0) is 17.9 Å². The van der Waals surface area contributed by atoms with Crippen molar-refractivity contribution in [2.45, 2.75) is 33.9 Å². The van der Waals surface area contributed by atoms with Gasteiger partial charge in [0.15, 0.2) is 0 Å². The lowest BCUT2D eigenvalue weighted by Crippen LogP contribution is -2.34. The number of benzene rings is 1. The normalized spacial score (nSPS) is 11.7. The molecule has 5 nitrogen and oxygen atoms in total. The summed E-state index contributed by atoms with van der Waals surface area (Å²) in [6.45, 7) is 7.92. The van der Waals surface area contributed by atoms with Crippen molar-refractivity contribution in [3.05, 3.63) is 52.8 Å². The predicted octanol–water partition coefficient (Wildman–Crippen LogP) is 2.44. The summed E-state index contributed by atoms with van der Waals surface area (Å²) < 4.78 is 2.00. The van der Waals surface area contributed by atoms with E-state index in [4.69, 9.17) is 0 Å². The van der Waals surface area contributed by atoms with Gasteiger partial charge in [0.05, 0.1) is 12.2 Å². The fourth-order valence-electron chi connectivity index (χ4n) is 2.65. The van der Waals surface area contributed by atoms with E-state index in [9.17, 15) is 4.79 Å². The van der Waals surface area contributed by atoms with Crippen LogP contribution in [0.15, 0.2) is 30.3 Å². The highest BCUT2D eigenvalue weighted by Crippen LogP contribution is 2.15. The van der Waals surface area contributed by atoms with Gasteiger partial charge >= 0.3 is 0 Å². The molecule has 24 heavy (non-hydrogen) atoms. The summed E-state index contributed by atoms with van der Waals surface area (Å²) >= 11 is 0. The molecule has 0 saturated heterocycles. The Balaban J connectivity index is 0.00000288. The molecule has 132 valence electrons. The first kappa shape index (κ1) is 20.2. The molecule has 1 atom stereocenters. The Kier molecular flexibility index (Phi) is 7.95. The number of halogens is 1. The Labute approximate surface area is 150 Å². The van der Waals surface area contributed by atoms with Crippen molar-refractivity contribution in [3.8, 4) is 0 Å². The van der Waals surface area contributed by atoms with Crippen LogP contribution < -0.4 is 10.6 Å². The third-order valence-electron chi connectivity index (χ3n) is 4.10. The maximum absolute atomic E-state index is 12.0. The van der Waals surface area contributed by atoms with Gasteiger partial charge in [-0.15, -0.1) is 12.4 Å². The number of carbonyl (C=O) groups excluding carboxylic acids is 1. The number of hydrogen-bond acceptors (Lipinski definition) is 3. The topological polar surface area (TPSA) is 59.0 Å². The molecule has 0 saturated carbocycles. The maximum Gasteiger partial charge on any atom is 0.224 e. The van der Waals surface area contributed by atoms with Crippen molar-refractivity contribution < 1.29 is 4.79 Å². The van der Waals surface area contributed by atoms with Gasteiger partial charge in [-0.2, -0.15) is 5.10 Å². The number of nitrogens with one attached hydrogen (secondary N) is 2. The Hall–Kier alpha value is -1.85. The van der Waals surface area contributed by atoms with Gasteiger partial charge in [0, 0.05) is 30.3 Å². The number of aryl methyl sites for hydroxylation is 1. The Morgan fingerprint density at radius 2 is 1.92 bits per heavy atom. The quantitative estimate of drug-likeness (QED) is 0.806. The first-order chi connectivity index (χ1) is 11.0. The van der Waals surface area contributed by atoms with E-state index in [1.807, 2.05) is 43.8 Å². The van der Waals surface area contributed by atoms with Crippen LogP contribution in [0.1, 0.15) is 29.4 Å². The van der Waals surface area contributed by atoms with Crippen molar-refractivity contribution in [2.24, 2.45) is 5.92 Å². The average molecular weight is 351 g/mol. The van der Waals surface area contributed by atoms with Crippen LogP contribution in [-0.4, -0.2) is 29.3 Å². The van der Waals surface area contributed by atoms with E-state index < -0.39 is 0 Å². The van der Waals surface area contributed by atoms with Crippen LogP contribution in [0.3, 0.4) is 0 Å². The Bertz CT molecular complexity index is 655. The number of hydrogen-bond donors (Lipinski definition) is 2. The molecule has 0 spiro atoms. The molecular formula is C18H27ClN4O. The lowest BCUT2D eigenvalue weighted by Gasteiger charge is -2.12. The second-order valence-electron chi connectivity index (χ2n) is 5.97. The molecule has 1 heterocycles. The summed E-state index contributed by atoms with van der Waals surface area (Å²) in [5.41, 5.74) is 4.40. The van der Waals surface area contributed by atoms with Gasteiger partial charge in [-0.25, -0.2) is 0 Å². The number of carbonyl (C=O) groups is 1. The lowest BCUT2D eigenvalue weighted by molar-refractivity contribution is -0.124. The first-order valence-corrected chi connectivity index (χ1v) is 8.02. The van der Waals surface area contributed by atoms with Crippen LogP contribution in [0.25, 0.3) is 0 Å². The monoisotopic (exact) mass is 350 g/mol. The smallest absolute Gasteiger partial charge is 0.224 e. The van der Waals surface area contributed by atoms with Crippen LogP contribution in [0.2, 0.25) is 0 Å². The van der Waals surface area contributed by atoms with Crippen LogP contribution >= 0.6 is 12.4 Å². The number of rotatable bonds is 7. The van der Waals surface area contributed by atoms with Gasteiger partial charge in [0.2, 0.25) is 5.91 Å². The summed E-state index contributed by atoms with van der Waals surface area (Å²) in [5.74, 6) is 0.0222. The van der Waals surface area contributed by atoms with E-state index in [2.05, 4.69) is 34.8 Å². The van der Waals surface area contributed by atoms with Crippen molar-refractivity contribution >= 4 is 18.3 Å². The molecule has 6 heteroatoms. The van der Waals surface area contributed by atoms with E-state index >= 15 is 0 Å². The van der Waals surface area contributed by atoms with Crippen LogP contribution in [0, 0.1) is 19.8 Å². The molecule has 0 bridgehead atoms. The van der Waals surface area contributed by atoms with Gasteiger partial charge in [-0.3, -0.25) is 9.48 Å². The first-order valence-electron chi connectivity index (χ1n) is 8.02. The highest BCUT2D eigenvalue weighted by atomic mass is 35.5. The van der Waals surface area contributed by atoms with Crippen molar-refractivity contribution in [3.63, 3.8) is 0 Å². The van der Waals surface area contributed by atoms with Gasteiger partial charge in [-0.1, -0.05) is 37.3 Å². The Morgan fingerprint density at radius 3 is 2.54 bits per heavy atom. The summed E-state index contributed by atoms with van der Waals surface area (Å²) in [7, 11) is 1.85. The number of nitrogens with zero attached hydrogens (tertiary/aromatic N) is 2. The molecule has 1 amide bonds. The third-order valence-corrected chi connectivity index (χ3v) is 4.10. The molecule has 0 aliphatic carbocycles. The molecule has 0 aliphatic heterocycles. The Morgan fingerprint density at radius 1 is 1.25 bits per heavy atom. The average Bonchev–Trinajstić information content (AvgIpc) is 2.80. The minimum Gasteiger partial charge on any atom is -0.352 e. The minimum atomic E-state index is -0.0417. The second kappa shape index (κ2) is 9.45. The van der Waals surface area contributed by atoms with Gasteiger partial charge < -0.3 is 10.6 Å². The molecule has 2 N–H and O–H groups in total.